The third kappa shape index (κ3) is 3.99. The van der Waals surface area contributed by atoms with E-state index in [-0.39, 0.29) is 42.2 Å². The number of morpholine rings is 1. The third-order valence-electron chi connectivity index (χ3n) is 4.50. The molecule has 1 aliphatic heterocycles. The molecule has 0 radical (unpaired) electrons. The summed E-state index contributed by atoms with van der Waals surface area (Å²) in [5.41, 5.74) is -0.625. The van der Waals surface area contributed by atoms with Crippen LogP contribution in [0.15, 0.2) is 36.4 Å². The van der Waals surface area contributed by atoms with Gasteiger partial charge in [-0.3, -0.25) is 4.79 Å². The fourth-order valence-corrected chi connectivity index (χ4v) is 3.13. The molecule has 1 unspecified atom stereocenters. The maximum Gasteiger partial charge on any atom is 0.416 e. The molecule has 3 rings (SSSR count). The van der Waals surface area contributed by atoms with Crippen molar-refractivity contribution >= 4 is 11.9 Å². The van der Waals surface area contributed by atoms with Crippen LogP contribution in [-0.4, -0.2) is 46.6 Å². The van der Waals surface area contributed by atoms with Gasteiger partial charge in [-0.15, -0.1) is 0 Å². The predicted molar refractivity (Wildman–Crippen MR) is 92.0 cm³/mol. The van der Waals surface area contributed by atoms with Crippen LogP contribution < -0.4 is 0 Å². The third-order valence-corrected chi connectivity index (χ3v) is 4.50. The van der Waals surface area contributed by atoms with Crippen molar-refractivity contribution in [2.75, 3.05) is 19.7 Å². The van der Waals surface area contributed by atoms with Crippen molar-refractivity contribution in [3.05, 3.63) is 64.5 Å². The number of amides is 1. The first-order chi connectivity index (χ1) is 13.2. The molecular weight excluding hydrogens is 377 g/mol. The maximum atomic E-state index is 13.3. The van der Waals surface area contributed by atoms with Crippen molar-refractivity contribution in [3.63, 3.8) is 0 Å². The molecule has 0 spiro atoms. The topological polar surface area (TPSA) is 79.7 Å². The zero-order valence-corrected chi connectivity index (χ0v) is 14.9. The molecule has 0 bridgehead atoms. The Balaban J connectivity index is 1.84. The van der Waals surface area contributed by atoms with Gasteiger partial charge >= 0.3 is 12.1 Å². The highest BCUT2D eigenvalue weighted by molar-refractivity contribution is 5.94. The van der Waals surface area contributed by atoms with Crippen molar-refractivity contribution < 1.29 is 32.6 Å². The van der Waals surface area contributed by atoms with Gasteiger partial charge in [0.2, 0.25) is 0 Å². The Morgan fingerprint density at radius 2 is 1.93 bits per heavy atom. The number of aromatic carboxylic acids is 1. The van der Waals surface area contributed by atoms with Crippen LogP contribution in [0, 0.1) is 6.92 Å². The number of carbonyl (C=O) groups is 2. The van der Waals surface area contributed by atoms with Crippen molar-refractivity contribution in [1.29, 1.82) is 0 Å². The number of carboxylic acid groups (broad SMARTS) is 1. The Morgan fingerprint density at radius 1 is 1.21 bits per heavy atom. The van der Waals surface area contributed by atoms with E-state index < -0.39 is 29.7 Å². The monoisotopic (exact) mass is 394 g/mol. The summed E-state index contributed by atoms with van der Waals surface area (Å²) in [6, 6.07) is 7.70. The van der Waals surface area contributed by atoms with Crippen LogP contribution in [0.2, 0.25) is 0 Å². The molecule has 0 aliphatic carbocycles. The molecular formula is C19H17F3N2O4. The Bertz CT molecular complexity index is 914. The fraction of sp³-hybridized carbons (Fsp3) is 0.316. The van der Waals surface area contributed by atoms with E-state index in [1.54, 1.807) is 0 Å². The number of ether oxygens (including phenoxy) is 1. The summed E-state index contributed by atoms with van der Waals surface area (Å²) >= 11 is 0. The molecule has 2 heterocycles. The molecule has 1 aromatic carbocycles. The van der Waals surface area contributed by atoms with E-state index in [4.69, 9.17) is 9.84 Å². The second-order valence-corrected chi connectivity index (χ2v) is 6.33. The van der Waals surface area contributed by atoms with Gasteiger partial charge < -0.3 is 14.7 Å². The lowest BCUT2D eigenvalue weighted by Gasteiger charge is -2.34. The summed E-state index contributed by atoms with van der Waals surface area (Å²) in [4.78, 5) is 29.2. The second-order valence-electron chi connectivity index (χ2n) is 6.33. The minimum atomic E-state index is -4.53. The van der Waals surface area contributed by atoms with Crippen LogP contribution in [0.5, 0.6) is 0 Å². The van der Waals surface area contributed by atoms with Crippen LogP contribution in [-0.2, 0) is 10.9 Å². The van der Waals surface area contributed by atoms with Gasteiger partial charge in [-0.2, -0.15) is 13.2 Å². The van der Waals surface area contributed by atoms with Crippen molar-refractivity contribution in [2.24, 2.45) is 0 Å². The van der Waals surface area contributed by atoms with Gasteiger partial charge in [0.25, 0.3) is 5.91 Å². The van der Waals surface area contributed by atoms with Crippen LogP contribution in [0.3, 0.4) is 0 Å². The van der Waals surface area contributed by atoms with Gasteiger partial charge in [-0.1, -0.05) is 18.2 Å². The molecule has 28 heavy (non-hydrogen) atoms. The lowest BCUT2D eigenvalue weighted by molar-refractivity contribution is -0.140. The number of halogens is 3. The number of pyridine rings is 1. The minimum absolute atomic E-state index is 0.0180. The summed E-state index contributed by atoms with van der Waals surface area (Å²) in [7, 11) is 0. The number of nitrogens with zero attached hydrogens (tertiary/aromatic N) is 2. The van der Waals surface area contributed by atoms with Gasteiger partial charge in [0, 0.05) is 6.54 Å². The smallest absolute Gasteiger partial charge is 0.416 e. The standard InChI is InChI=1S/C19H17F3N2O4/c1-11-12(18(26)27)6-7-15(23-11)17(25)24-8-9-28-16(10-24)13-4-2-3-5-14(13)19(20,21)22/h2-7,16H,8-10H2,1H3,(H,26,27). The summed E-state index contributed by atoms with van der Waals surface area (Å²) in [6.07, 6.45) is -5.45. The summed E-state index contributed by atoms with van der Waals surface area (Å²) < 4.78 is 45.3. The quantitative estimate of drug-likeness (QED) is 0.864. The first-order valence-electron chi connectivity index (χ1n) is 8.46. The highest BCUT2D eigenvalue weighted by atomic mass is 19.4. The van der Waals surface area contributed by atoms with Crippen molar-refractivity contribution in [3.8, 4) is 0 Å². The van der Waals surface area contributed by atoms with E-state index in [1.807, 2.05) is 0 Å². The molecule has 1 atom stereocenters. The average molecular weight is 394 g/mol. The number of aryl methyl sites for hydroxylation is 1. The number of benzene rings is 1. The average Bonchev–Trinajstić information content (AvgIpc) is 2.66. The molecule has 1 saturated heterocycles. The largest absolute Gasteiger partial charge is 0.478 e. The molecule has 1 N–H and O–H groups in total. The Labute approximate surface area is 158 Å². The number of aromatic nitrogens is 1. The summed E-state index contributed by atoms with van der Waals surface area (Å²) in [5, 5.41) is 9.05. The van der Waals surface area contributed by atoms with Gasteiger partial charge in [-0.05, 0) is 30.7 Å². The molecule has 0 saturated carbocycles. The van der Waals surface area contributed by atoms with Gasteiger partial charge in [0.1, 0.15) is 11.8 Å². The molecule has 1 aliphatic rings. The first kappa shape index (κ1) is 19.8. The fourth-order valence-electron chi connectivity index (χ4n) is 3.13. The van der Waals surface area contributed by atoms with Gasteiger partial charge in [-0.25, -0.2) is 9.78 Å². The van der Waals surface area contributed by atoms with Gasteiger partial charge in [0.05, 0.1) is 30.0 Å². The lowest BCUT2D eigenvalue weighted by atomic mass is 10.0. The molecule has 148 valence electrons. The van der Waals surface area contributed by atoms with Crippen LogP contribution in [0.1, 0.15) is 43.8 Å². The SMILES string of the molecule is Cc1nc(C(=O)N2CCOC(c3ccccc3C(F)(F)F)C2)ccc1C(=O)O. The number of carboxylic acids is 1. The molecule has 1 aromatic heterocycles. The summed E-state index contributed by atoms with van der Waals surface area (Å²) in [6.45, 7) is 1.69. The van der Waals surface area contributed by atoms with Crippen LogP contribution in [0.4, 0.5) is 13.2 Å². The molecule has 9 heteroatoms. The Hall–Kier alpha value is -2.94. The van der Waals surface area contributed by atoms with Crippen molar-refractivity contribution in [2.45, 2.75) is 19.2 Å². The Kier molecular flexibility index (Phi) is 5.37. The highest BCUT2D eigenvalue weighted by Gasteiger charge is 2.37. The van der Waals surface area contributed by atoms with E-state index in [1.165, 1.54) is 42.2 Å². The van der Waals surface area contributed by atoms with E-state index >= 15 is 0 Å². The van der Waals surface area contributed by atoms with Crippen LogP contribution in [0.25, 0.3) is 0 Å². The zero-order valence-electron chi connectivity index (χ0n) is 14.9. The second kappa shape index (κ2) is 7.59. The zero-order chi connectivity index (χ0) is 20.5. The molecule has 6 nitrogen and oxygen atoms in total. The van der Waals surface area contributed by atoms with Crippen molar-refractivity contribution in [1.82, 2.24) is 9.88 Å². The number of carbonyl (C=O) groups excluding carboxylic acids is 1. The van der Waals surface area contributed by atoms with Gasteiger partial charge in [0.15, 0.2) is 0 Å². The molecule has 2 aromatic rings. The molecule has 1 amide bonds. The van der Waals surface area contributed by atoms with E-state index in [0.717, 1.165) is 6.07 Å². The predicted octanol–water partition coefficient (Wildman–Crippen LogP) is 3.32. The number of hydrogen-bond donors (Lipinski definition) is 1. The molecule has 1 fully saturated rings. The van der Waals surface area contributed by atoms with E-state index in [9.17, 15) is 22.8 Å². The maximum absolute atomic E-state index is 13.3. The first-order valence-corrected chi connectivity index (χ1v) is 8.46. The Morgan fingerprint density at radius 3 is 2.57 bits per heavy atom. The highest BCUT2D eigenvalue weighted by Crippen LogP contribution is 2.36. The summed E-state index contributed by atoms with van der Waals surface area (Å²) in [5.74, 6) is -1.64. The number of rotatable bonds is 3. The van der Waals surface area contributed by atoms with E-state index in [0.29, 0.717) is 0 Å². The normalized spacial score (nSPS) is 17.4. The lowest BCUT2D eigenvalue weighted by Crippen LogP contribution is -2.43. The number of alkyl halides is 3. The van der Waals surface area contributed by atoms with Crippen LogP contribution >= 0.6 is 0 Å². The minimum Gasteiger partial charge on any atom is -0.478 e. The number of hydrogen-bond acceptors (Lipinski definition) is 4. The van der Waals surface area contributed by atoms with E-state index in [2.05, 4.69) is 4.98 Å².